The molecule has 0 unspecified atom stereocenters. The van der Waals surface area contributed by atoms with Crippen LogP contribution in [0.5, 0.6) is 0 Å². The molecule has 1 heterocycles. The third-order valence-corrected chi connectivity index (χ3v) is 2.54. The Balaban J connectivity index is 0.000000512. The second-order valence-corrected chi connectivity index (χ2v) is 4.67. The van der Waals surface area contributed by atoms with Crippen LogP contribution in [0.25, 0.3) is 11.0 Å². The number of aromatic amines is 1. The number of benzene rings is 1. The van der Waals surface area contributed by atoms with Crippen LogP contribution in [0.4, 0.5) is 0 Å². The Morgan fingerprint density at radius 2 is 1.83 bits per heavy atom. The Kier molecular flexibility index (Phi) is 7.92. The molecule has 8 nitrogen and oxygen atoms in total. The van der Waals surface area contributed by atoms with Crippen LogP contribution in [0.2, 0.25) is 0 Å². The molecule has 0 amide bonds. The van der Waals surface area contributed by atoms with Gasteiger partial charge in [0.2, 0.25) is 0 Å². The van der Waals surface area contributed by atoms with E-state index in [1.54, 1.807) is 6.07 Å². The van der Waals surface area contributed by atoms with E-state index in [9.17, 15) is 8.42 Å². The van der Waals surface area contributed by atoms with Crippen molar-refractivity contribution in [3.63, 3.8) is 0 Å². The van der Waals surface area contributed by atoms with Crippen molar-refractivity contribution >= 4 is 83.9 Å². The molecule has 0 aliphatic carbocycles. The number of nitrogens with one attached hydrogen (secondary N) is 1. The number of hydrogen-bond donors (Lipinski definition) is 4. The second kappa shape index (κ2) is 7.79. The molecule has 1 aromatic heterocycles. The number of rotatable bonds is 1. The van der Waals surface area contributed by atoms with Gasteiger partial charge in [0.1, 0.15) is 0 Å². The number of aromatic nitrogens is 2. The Labute approximate surface area is 147 Å². The van der Waals surface area contributed by atoms with Crippen LogP contribution >= 0.6 is 0 Å². The molecule has 0 saturated heterocycles. The summed E-state index contributed by atoms with van der Waals surface area (Å²) in [5.74, 6) is 0. The second-order valence-electron chi connectivity index (χ2n) is 2.79. The predicted octanol–water partition coefficient (Wildman–Crippen LogP) is -0.158. The molecule has 0 radical (unpaired) electrons. The van der Waals surface area contributed by atoms with Gasteiger partial charge in [-0.2, -0.15) is 12.6 Å². The summed E-state index contributed by atoms with van der Waals surface area (Å²) >= 11 is -2.61. The average Bonchev–Trinajstić information content (AvgIpc) is 2.61. The number of hydrogen-bond acceptors (Lipinski definition) is 4. The molecule has 0 atom stereocenters. The zero-order chi connectivity index (χ0) is 13.1. The van der Waals surface area contributed by atoms with Crippen LogP contribution in [-0.2, 0) is 21.5 Å². The third kappa shape index (κ3) is 5.97. The first-order valence-corrected chi connectivity index (χ1v) is 6.51. The fraction of sp³-hybridized carbons (Fsp3) is 0. The zero-order valence-electron chi connectivity index (χ0n) is 8.14. The van der Waals surface area contributed by atoms with E-state index in [0.29, 0.717) is 5.52 Å². The molecule has 2 rings (SSSR count). The van der Waals surface area contributed by atoms with E-state index in [2.05, 4.69) is 9.97 Å². The van der Waals surface area contributed by atoms with Crippen molar-refractivity contribution in [2.75, 3.05) is 0 Å². The van der Waals surface area contributed by atoms with Crippen LogP contribution in [0.3, 0.4) is 0 Å². The first-order chi connectivity index (χ1) is 7.80. The Hall–Kier alpha value is 0.306. The van der Waals surface area contributed by atoms with Gasteiger partial charge in [-0.3, -0.25) is 13.7 Å². The molecule has 0 bridgehead atoms. The monoisotopic (exact) mass is 320 g/mol. The molecule has 96 valence electrons. The van der Waals surface area contributed by atoms with Gasteiger partial charge in [-0.25, -0.2) is 4.98 Å². The molecule has 0 fully saturated rings. The third-order valence-electron chi connectivity index (χ3n) is 1.69. The van der Waals surface area contributed by atoms with Crippen molar-refractivity contribution in [2.45, 2.75) is 4.90 Å². The summed E-state index contributed by atoms with van der Waals surface area (Å²) in [6.07, 6.45) is 1.46. The van der Waals surface area contributed by atoms with Crippen LogP contribution < -0.4 is 0 Å². The molecule has 0 spiro atoms. The number of nitrogens with zero attached hydrogens (tertiary/aromatic N) is 1. The molecular formula is C7H9KN2O6S2. The van der Waals surface area contributed by atoms with Gasteiger partial charge in [0.05, 0.1) is 22.3 Å². The minimum absolute atomic E-state index is 0. The Morgan fingerprint density at radius 1 is 1.28 bits per heavy atom. The van der Waals surface area contributed by atoms with E-state index in [0.717, 1.165) is 5.52 Å². The minimum atomic E-state index is -4.13. The molecule has 4 N–H and O–H groups in total. The maximum atomic E-state index is 10.7. The van der Waals surface area contributed by atoms with Gasteiger partial charge in [-0.15, -0.1) is 0 Å². The van der Waals surface area contributed by atoms with Crippen molar-refractivity contribution < 1.29 is 26.3 Å². The standard InChI is InChI=1S/C7H6N2O3S.K.H2O3S.H/c10-13(11,12)5-1-2-6-7(3-5)9-4-8-6;;1-4(2)3;/h1-4H,(H,8,9)(H,10,11,12);;(H2,1,2,3);. The van der Waals surface area contributed by atoms with Gasteiger partial charge in [0.15, 0.2) is 0 Å². The summed E-state index contributed by atoms with van der Waals surface area (Å²) in [5, 5.41) is 0. The van der Waals surface area contributed by atoms with Gasteiger partial charge in [0.25, 0.3) is 21.5 Å². The summed E-state index contributed by atoms with van der Waals surface area (Å²) < 4.78 is 53.0. The fourth-order valence-electron chi connectivity index (χ4n) is 1.07. The fourth-order valence-corrected chi connectivity index (χ4v) is 1.57. The quantitative estimate of drug-likeness (QED) is 0.325. The maximum absolute atomic E-state index is 10.7. The summed E-state index contributed by atoms with van der Waals surface area (Å²) in [6.45, 7) is 0. The van der Waals surface area contributed by atoms with Crippen LogP contribution in [0, 0.1) is 0 Å². The van der Waals surface area contributed by atoms with E-state index in [-0.39, 0.29) is 56.3 Å². The van der Waals surface area contributed by atoms with Crippen LogP contribution in [-0.4, -0.2) is 87.6 Å². The first kappa shape index (κ1) is 18.3. The number of fused-ring (bicyclic) bond motifs is 1. The molecular weight excluding hydrogens is 311 g/mol. The van der Waals surface area contributed by atoms with Gasteiger partial charge in [-0.05, 0) is 18.2 Å². The van der Waals surface area contributed by atoms with Crippen molar-refractivity contribution in [1.29, 1.82) is 0 Å². The summed E-state index contributed by atoms with van der Waals surface area (Å²) in [7, 11) is -4.13. The first-order valence-electron chi connectivity index (χ1n) is 4.01. The van der Waals surface area contributed by atoms with E-state index in [1.165, 1.54) is 18.5 Å². The molecule has 11 heteroatoms. The predicted molar refractivity (Wildman–Crippen MR) is 66.5 cm³/mol. The molecule has 2 aromatic rings. The Bertz CT molecular complexity index is 636. The van der Waals surface area contributed by atoms with Gasteiger partial charge in [0, 0.05) is 0 Å². The van der Waals surface area contributed by atoms with Crippen LogP contribution in [0.15, 0.2) is 29.4 Å². The zero-order valence-corrected chi connectivity index (χ0v) is 9.77. The van der Waals surface area contributed by atoms with Gasteiger partial charge >= 0.3 is 51.4 Å². The summed E-state index contributed by atoms with van der Waals surface area (Å²) in [5.41, 5.74) is 1.24. The van der Waals surface area contributed by atoms with Gasteiger partial charge in [-0.1, -0.05) is 0 Å². The summed E-state index contributed by atoms with van der Waals surface area (Å²) in [6, 6.07) is 4.17. The number of imidazole rings is 1. The molecule has 0 aliphatic heterocycles. The van der Waals surface area contributed by atoms with Crippen molar-refractivity contribution in [3.8, 4) is 0 Å². The normalized spacial score (nSPS) is 10.7. The van der Waals surface area contributed by atoms with E-state index < -0.39 is 21.5 Å². The Morgan fingerprint density at radius 3 is 2.33 bits per heavy atom. The molecule has 0 saturated carbocycles. The molecule has 1 aromatic carbocycles. The SMILES string of the molecule is O=S(=O)(O)c1ccc2[nH]cnc2c1.O=S(O)O.[KH]. The van der Waals surface area contributed by atoms with Gasteiger partial charge < -0.3 is 4.98 Å². The van der Waals surface area contributed by atoms with Crippen molar-refractivity contribution in [2.24, 2.45) is 0 Å². The van der Waals surface area contributed by atoms with Crippen molar-refractivity contribution in [3.05, 3.63) is 24.5 Å². The molecule has 0 aliphatic rings. The topological polar surface area (TPSA) is 141 Å². The van der Waals surface area contributed by atoms with Crippen LogP contribution in [0.1, 0.15) is 0 Å². The van der Waals surface area contributed by atoms with E-state index >= 15 is 0 Å². The van der Waals surface area contributed by atoms with Crippen molar-refractivity contribution in [1.82, 2.24) is 9.97 Å². The summed E-state index contributed by atoms with van der Waals surface area (Å²) in [4.78, 5) is 6.53. The van der Waals surface area contributed by atoms with E-state index in [1.807, 2.05) is 0 Å². The average molecular weight is 320 g/mol. The molecule has 18 heavy (non-hydrogen) atoms. The number of H-pyrrole nitrogens is 1. The van der Waals surface area contributed by atoms with E-state index in [4.69, 9.17) is 17.9 Å².